The highest BCUT2D eigenvalue weighted by atomic mass is 16.7. The van der Waals surface area contributed by atoms with Crippen LogP contribution in [0.15, 0.2) is 17.4 Å². The van der Waals surface area contributed by atoms with Crippen LogP contribution in [0.3, 0.4) is 0 Å². The van der Waals surface area contributed by atoms with Gasteiger partial charge in [0.05, 0.1) is 6.54 Å². The van der Waals surface area contributed by atoms with Gasteiger partial charge in [-0.15, -0.1) is 0 Å². The van der Waals surface area contributed by atoms with Gasteiger partial charge in [-0.1, -0.05) is 0 Å². The molecule has 1 aliphatic heterocycles. The van der Waals surface area contributed by atoms with Crippen LogP contribution in [0.25, 0.3) is 0 Å². The fraction of sp³-hybridized carbons (Fsp3) is 0.200. The summed E-state index contributed by atoms with van der Waals surface area (Å²) in [6.07, 6.45) is 2.33. The van der Waals surface area contributed by atoms with Crippen LogP contribution in [0.4, 0.5) is 4.79 Å². The van der Waals surface area contributed by atoms with Crippen molar-refractivity contribution in [3.05, 3.63) is 12.4 Å². The van der Waals surface area contributed by atoms with E-state index in [1.807, 2.05) is 0 Å². The van der Waals surface area contributed by atoms with E-state index in [9.17, 15) is 4.79 Å². The van der Waals surface area contributed by atoms with Crippen molar-refractivity contribution in [3.8, 4) is 0 Å². The lowest BCUT2D eigenvalue weighted by atomic mass is 10.5. The largest absolute Gasteiger partial charge is 0.428 e. The molecule has 60 valence electrons. The predicted molar refractivity (Wildman–Crippen MR) is 38.4 cm³/mol. The van der Waals surface area contributed by atoms with Crippen LogP contribution >= 0.6 is 0 Å². The maximum Gasteiger partial charge on any atom is 0.428 e. The van der Waals surface area contributed by atoms with E-state index < -0.39 is 6.09 Å². The van der Waals surface area contributed by atoms with Crippen LogP contribution in [0.1, 0.15) is 0 Å². The van der Waals surface area contributed by atoms with E-state index in [0.29, 0.717) is 12.4 Å². The Balaban J connectivity index is 2.31. The minimum atomic E-state index is -0.887. The first-order chi connectivity index (χ1) is 5.29. The first-order valence-corrected chi connectivity index (χ1v) is 2.96. The first-order valence-electron chi connectivity index (χ1n) is 2.96. The summed E-state index contributed by atoms with van der Waals surface area (Å²) in [6, 6.07) is 0. The molecule has 0 bridgehead atoms. The molecule has 1 rings (SSSR count). The number of aliphatic imine (C=N–C) groups is 1. The van der Waals surface area contributed by atoms with Gasteiger partial charge in [0.2, 0.25) is 0 Å². The summed E-state index contributed by atoms with van der Waals surface area (Å²) in [6.45, 7) is 0.490. The molecule has 0 atom stereocenters. The zero-order chi connectivity index (χ0) is 8.10. The molecule has 0 aromatic heterocycles. The number of hydrogen-bond acceptors (Lipinski definition) is 5. The molecular weight excluding hydrogens is 148 g/mol. The lowest BCUT2D eigenvalue weighted by Crippen LogP contribution is -2.36. The number of nitrogens with two attached hydrogens (primary N) is 1. The number of carbonyl (C=O) groups excluding carboxylic acids is 1. The van der Waals surface area contributed by atoms with Gasteiger partial charge in [0.1, 0.15) is 0 Å². The molecule has 0 fully saturated rings. The molecule has 4 N–H and O–H groups in total. The normalized spacial score (nSPS) is 14.7. The van der Waals surface area contributed by atoms with Crippen LogP contribution < -0.4 is 16.5 Å². The Labute approximate surface area is 63.1 Å². The van der Waals surface area contributed by atoms with Gasteiger partial charge in [-0.25, -0.2) is 15.3 Å². The summed E-state index contributed by atoms with van der Waals surface area (Å²) in [5.41, 5.74) is 6.98. The lowest BCUT2D eigenvalue weighted by Gasteiger charge is -2.09. The summed E-state index contributed by atoms with van der Waals surface area (Å²) in [7, 11) is 0. The Morgan fingerprint density at radius 3 is 3.27 bits per heavy atom. The zero-order valence-corrected chi connectivity index (χ0v) is 5.70. The first kappa shape index (κ1) is 7.39. The third kappa shape index (κ3) is 2.57. The van der Waals surface area contributed by atoms with E-state index in [-0.39, 0.29) is 0 Å². The Bertz CT molecular complexity index is 211. The number of hydrogen-bond donors (Lipinski definition) is 3. The summed E-state index contributed by atoms with van der Waals surface area (Å²) < 4.78 is 0. The smallest absolute Gasteiger partial charge is 0.382 e. The van der Waals surface area contributed by atoms with Gasteiger partial charge < -0.3 is 15.9 Å². The Morgan fingerprint density at radius 2 is 2.73 bits per heavy atom. The lowest BCUT2D eigenvalue weighted by molar-refractivity contribution is 0.129. The van der Waals surface area contributed by atoms with E-state index in [1.54, 1.807) is 6.20 Å². The second-order valence-corrected chi connectivity index (χ2v) is 1.80. The van der Waals surface area contributed by atoms with Gasteiger partial charge in [0.25, 0.3) is 0 Å². The Kier molecular flexibility index (Phi) is 2.32. The molecule has 0 aromatic rings. The molecule has 1 heterocycles. The van der Waals surface area contributed by atoms with Crippen LogP contribution in [-0.4, -0.2) is 18.5 Å². The van der Waals surface area contributed by atoms with Crippen molar-refractivity contribution in [1.29, 1.82) is 0 Å². The van der Waals surface area contributed by atoms with Crippen molar-refractivity contribution in [2.45, 2.75) is 0 Å². The van der Waals surface area contributed by atoms with Gasteiger partial charge in [-0.3, -0.25) is 0 Å². The fourth-order valence-corrected chi connectivity index (χ4v) is 0.553. The zero-order valence-electron chi connectivity index (χ0n) is 5.70. The molecule has 0 unspecified atom stereocenters. The van der Waals surface area contributed by atoms with Crippen molar-refractivity contribution in [1.82, 2.24) is 10.8 Å². The maximum absolute atomic E-state index is 10.1. The van der Waals surface area contributed by atoms with Gasteiger partial charge in [-0.05, 0) is 0 Å². The minimum Gasteiger partial charge on any atom is -0.382 e. The quantitative estimate of drug-likeness (QED) is 0.395. The van der Waals surface area contributed by atoms with Crippen molar-refractivity contribution in [3.63, 3.8) is 0 Å². The number of amidine groups is 1. The fourth-order valence-electron chi connectivity index (χ4n) is 0.553. The molecule has 6 heteroatoms. The number of hydroxylamine groups is 1. The molecule has 1 amide bonds. The third-order valence-electron chi connectivity index (χ3n) is 0.962. The minimum absolute atomic E-state index is 0.490. The van der Waals surface area contributed by atoms with E-state index in [0.717, 1.165) is 0 Å². The average Bonchev–Trinajstić information content (AvgIpc) is 2.03. The second-order valence-electron chi connectivity index (χ2n) is 1.80. The van der Waals surface area contributed by atoms with E-state index >= 15 is 0 Å². The van der Waals surface area contributed by atoms with Gasteiger partial charge >= 0.3 is 6.09 Å². The number of amides is 1. The van der Waals surface area contributed by atoms with Crippen LogP contribution in [0.2, 0.25) is 0 Å². The number of primary amides is 1. The van der Waals surface area contributed by atoms with Crippen LogP contribution in [-0.2, 0) is 4.84 Å². The summed E-state index contributed by atoms with van der Waals surface area (Å²) in [4.78, 5) is 18.2. The highest BCUT2D eigenvalue weighted by molar-refractivity contribution is 5.85. The molecule has 0 spiro atoms. The molecule has 0 saturated carbocycles. The number of nitrogens with one attached hydrogen (secondary N) is 2. The van der Waals surface area contributed by atoms with Crippen molar-refractivity contribution in [2.24, 2.45) is 10.7 Å². The van der Waals surface area contributed by atoms with Crippen molar-refractivity contribution in [2.75, 3.05) is 6.54 Å². The van der Waals surface area contributed by atoms with E-state index in [1.165, 1.54) is 6.20 Å². The predicted octanol–water partition coefficient (Wildman–Crippen LogP) is -0.941. The summed E-state index contributed by atoms with van der Waals surface area (Å²) in [5.74, 6) is 0.506. The second kappa shape index (κ2) is 3.45. The highest BCUT2D eigenvalue weighted by Crippen LogP contribution is 1.83. The molecule has 0 aromatic carbocycles. The molecule has 0 aliphatic carbocycles. The van der Waals surface area contributed by atoms with Crippen LogP contribution in [0, 0.1) is 0 Å². The third-order valence-corrected chi connectivity index (χ3v) is 0.962. The molecule has 11 heavy (non-hydrogen) atoms. The number of carbonyl (C=O) groups is 1. The maximum atomic E-state index is 10.1. The number of rotatable bonds is 0. The molecule has 0 saturated heterocycles. The summed E-state index contributed by atoms with van der Waals surface area (Å²) in [5, 5.41) is 2.85. The van der Waals surface area contributed by atoms with Crippen molar-refractivity contribution >= 4 is 11.9 Å². The Hall–Kier alpha value is -1.72. The summed E-state index contributed by atoms with van der Waals surface area (Å²) >= 11 is 0. The molecule has 6 nitrogen and oxygen atoms in total. The monoisotopic (exact) mass is 156 g/mol. The van der Waals surface area contributed by atoms with Gasteiger partial charge in [0, 0.05) is 12.4 Å². The molecule has 1 aliphatic rings. The van der Waals surface area contributed by atoms with Gasteiger partial charge in [0.15, 0.2) is 5.84 Å². The molecule has 0 radical (unpaired) electrons. The van der Waals surface area contributed by atoms with E-state index in [2.05, 4.69) is 20.6 Å². The average molecular weight is 156 g/mol. The standard InChI is InChI=1S/C5H8N4O2/c6-5(10)11-9-4-3-7-1-2-8-4/h1-2,7H,3H2,(H2,6,10)(H,8,9). The molecular formula is C5H8N4O2. The topological polar surface area (TPSA) is 88.7 Å². The van der Waals surface area contributed by atoms with E-state index in [4.69, 9.17) is 5.73 Å². The van der Waals surface area contributed by atoms with Crippen molar-refractivity contribution < 1.29 is 9.63 Å². The highest BCUT2D eigenvalue weighted by Gasteiger charge is 2.00. The van der Waals surface area contributed by atoms with Crippen LogP contribution in [0.5, 0.6) is 0 Å². The van der Waals surface area contributed by atoms with Gasteiger partial charge in [-0.2, -0.15) is 0 Å². The Morgan fingerprint density at radius 1 is 1.91 bits per heavy atom. The number of nitrogens with zero attached hydrogens (tertiary/aromatic N) is 1. The SMILES string of the molecule is NC(=O)ONC1=NC=CNC1.